The zero-order valence-corrected chi connectivity index (χ0v) is 46.8. The van der Waals surface area contributed by atoms with Crippen LogP contribution in [0, 0.1) is 47.3 Å². The molecule has 8 aliphatic rings. The second-order valence-electron chi connectivity index (χ2n) is 22.8. The van der Waals surface area contributed by atoms with Gasteiger partial charge in [-0.25, -0.2) is 0 Å². The number of benzene rings is 6. The van der Waals surface area contributed by atoms with Gasteiger partial charge in [0.2, 0.25) is 0 Å². The summed E-state index contributed by atoms with van der Waals surface area (Å²) in [4.78, 5) is 26.8. The molecule has 8 bridgehead atoms. The standard InChI is InChI=1S/C50H54O6Te.C15H16.C2H6/c1-49(37-19-31-17-32(21-37)22-38(49)20-31)55-47(51)29-53-45-15-13-41(27-43(45)35-9-5-3-6-10-35)57-42-14-16-46(44(28-42)36-11-7-4-8-12-36)54-30-48(52)56-50(2)39-23-33-18-34(25-39)26-40(50)24-33;1-12(2)13-8-10-15(11-9-13)14-6-4-3-5-7-14;1-2/h3-16,27-28,31-34,37-40H,17-26,29-30H2,1-2H3;3-12H,1-2H3;1-2H3. The molecule has 0 radical (unpaired) electrons. The van der Waals surface area contributed by atoms with Gasteiger partial charge in [-0.3, -0.25) is 0 Å². The van der Waals surface area contributed by atoms with E-state index in [2.05, 4.69) is 125 Å². The molecule has 7 heteroatoms. The molecular weight excluding hydrogens is 1030 g/mol. The van der Waals surface area contributed by atoms with Crippen molar-refractivity contribution >= 4 is 40.1 Å². The number of esters is 2. The van der Waals surface area contributed by atoms with E-state index in [1.807, 2.05) is 68.4 Å². The van der Waals surface area contributed by atoms with Crippen LogP contribution in [0.2, 0.25) is 0 Å². The number of carbonyl (C=O) groups is 2. The fourth-order valence-electron chi connectivity index (χ4n) is 14.3. The van der Waals surface area contributed by atoms with Gasteiger partial charge in [-0.2, -0.15) is 0 Å². The topological polar surface area (TPSA) is 71.1 Å². The second kappa shape index (κ2) is 22.9. The van der Waals surface area contributed by atoms with E-state index < -0.39 is 20.9 Å². The Bertz CT molecular complexity index is 2630. The van der Waals surface area contributed by atoms with E-state index in [-0.39, 0.29) is 36.4 Å². The number of hydrogen-bond acceptors (Lipinski definition) is 6. The SMILES string of the molecule is CC.CC(C)c1ccc(-c2ccccc2)cc1.CC1(OC(=O)COc2ccc([Te]c3ccc(OCC(=O)OC4(C)C5CC6CC(C5)CC4C6)c(-c4ccccc4)c3)cc2-c2ccccc2)C2CC3CC(C2)CC1C3. The van der Waals surface area contributed by atoms with Crippen LogP contribution in [0.4, 0.5) is 0 Å². The van der Waals surface area contributed by atoms with Crippen LogP contribution < -0.4 is 16.7 Å². The molecule has 6 aromatic carbocycles. The predicted molar refractivity (Wildman–Crippen MR) is 300 cm³/mol. The van der Waals surface area contributed by atoms with E-state index in [4.69, 9.17) is 18.9 Å². The summed E-state index contributed by atoms with van der Waals surface area (Å²) in [6, 6.07) is 52.6. The van der Waals surface area contributed by atoms with Crippen LogP contribution in [0.15, 0.2) is 152 Å². The van der Waals surface area contributed by atoms with Gasteiger partial charge in [0.05, 0.1) is 0 Å². The summed E-state index contributed by atoms with van der Waals surface area (Å²) in [7, 11) is 0. The predicted octanol–water partition coefficient (Wildman–Crippen LogP) is 14.5. The Morgan fingerprint density at radius 3 is 1.15 bits per heavy atom. The molecule has 0 aliphatic heterocycles. The van der Waals surface area contributed by atoms with Crippen LogP contribution in [-0.4, -0.2) is 57.3 Å². The molecule has 386 valence electrons. The van der Waals surface area contributed by atoms with Crippen molar-refractivity contribution in [1.29, 1.82) is 0 Å². The van der Waals surface area contributed by atoms with Crippen LogP contribution in [-0.2, 0) is 19.1 Å². The Balaban J connectivity index is 0.000000314. The van der Waals surface area contributed by atoms with Crippen LogP contribution in [0.5, 0.6) is 11.5 Å². The molecule has 0 heterocycles. The third-order valence-corrected chi connectivity index (χ3v) is 20.7. The fraction of sp³-hybridized carbons (Fsp3) is 0.433. The maximum absolute atomic E-state index is 13.4. The van der Waals surface area contributed by atoms with Crippen molar-refractivity contribution in [2.45, 2.75) is 123 Å². The van der Waals surface area contributed by atoms with Gasteiger partial charge < -0.3 is 0 Å². The van der Waals surface area contributed by atoms with E-state index in [9.17, 15) is 9.59 Å². The van der Waals surface area contributed by atoms with Gasteiger partial charge in [-0.05, 0) is 35.4 Å². The summed E-state index contributed by atoms with van der Waals surface area (Å²) in [6.07, 6.45) is 12.3. The minimum atomic E-state index is -0.838. The number of carbonyl (C=O) groups excluding carboxylic acids is 2. The van der Waals surface area contributed by atoms with Crippen molar-refractivity contribution in [3.63, 3.8) is 0 Å². The van der Waals surface area contributed by atoms with Gasteiger partial charge in [-0.15, -0.1) is 0 Å². The third kappa shape index (κ3) is 11.4. The number of rotatable bonds is 14. The molecule has 0 unspecified atom stereocenters. The molecule has 0 amide bonds. The Hall–Kier alpha value is -5.35. The molecule has 6 nitrogen and oxygen atoms in total. The summed E-state index contributed by atoms with van der Waals surface area (Å²) in [5.41, 5.74) is 7.27. The fourth-order valence-corrected chi connectivity index (χ4v) is 16.9. The zero-order chi connectivity index (χ0) is 51.4. The average molecular weight is 1100 g/mol. The molecule has 0 saturated heterocycles. The van der Waals surface area contributed by atoms with E-state index >= 15 is 0 Å². The van der Waals surface area contributed by atoms with Crippen molar-refractivity contribution < 1.29 is 28.5 Å². The number of ether oxygens (including phenoxy) is 4. The van der Waals surface area contributed by atoms with Crippen LogP contribution >= 0.6 is 0 Å². The van der Waals surface area contributed by atoms with Gasteiger partial charge >= 0.3 is 336 Å². The van der Waals surface area contributed by atoms with Gasteiger partial charge in [-0.1, -0.05) is 82.3 Å². The average Bonchev–Trinajstić information content (AvgIpc) is 3.43. The van der Waals surface area contributed by atoms with Gasteiger partial charge in [0.1, 0.15) is 0 Å². The molecule has 6 aromatic rings. The van der Waals surface area contributed by atoms with Crippen molar-refractivity contribution in [2.24, 2.45) is 47.3 Å². The van der Waals surface area contributed by atoms with Crippen molar-refractivity contribution in [3.05, 3.63) is 157 Å². The third-order valence-electron chi connectivity index (χ3n) is 17.9. The van der Waals surface area contributed by atoms with E-state index in [1.54, 1.807) is 0 Å². The Morgan fingerprint density at radius 2 is 0.797 bits per heavy atom. The first kappa shape index (κ1) is 52.1. The molecular formula is C67H76O6Te. The van der Waals surface area contributed by atoms with Gasteiger partial charge in [0.25, 0.3) is 0 Å². The van der Waals surface area contributed by atoms with Crippen LogP contribution in [0.3, 0.4) is 0 Å². The first-order valence-corrected chi connectivity index (χ1v) is 30.2. The molecule has 0 aromatic heterocycles. The van der Waals surface area contributed by atoms with Gasteiger partial charge in [0.15, 0.2) is 0 Å². The van der Waals surface area contributed by atoms with Crippen LogP contribution in [0.25, 0.3) is 33.4 Å². The van der Waals surface area contributed by atoms with Crippen molar-refractivity contribution in [3.8, 4) is 44.9 Å². The summed E-state index contributed by atoms with van der Waals surface area (Å²) >= 11 is -0.838. The summed E-state index contributed by atoms with van der Waals surface area (Å²) in [5.74, 6) is 6.60. The molecule has 14 rings (SSSR count). The minimum absolute atomic E-state index is 0.103. The molecule has 8 saturated carbocycles. The zero-order valence-electron chi connectivity index (χ0n) is 44.5. The summed E-state index contributed by atoms with van der Waals surface area (Å²) in [5, 5.41) is 0. The monoisotopic (exact) mass is 1110 g/mol. The molecule has 0 spiro atoms. The first-order chi connectivity index (χ1) is 36.0. The second-order valence-corrected chi connectivity index (χ2v) is 26.1. The van der Waals surface area contributed by atoms with E-state index in [0.29, 0.717) is 41.1 Å². The quantitative estimate of drug-likeness (QED) is 0.0799. The maximum atomic E-state index is 13.4. The summed E-state index contributed by atoms with van der Waals surface area (Å²) in [6.45, 7) is 12.6. The molecule has 8 fully saturated rings. The molecule has 0 N–H and O–H groups in total. The molecule has 0 atom stereocenters. The number of hydrogen-bond donors (Lipinski definition) is 0. The van der Waals surface area contributed by atoms with Crippen molar-refractivity contribution in [2.75, 3.05) is 13.2 Å². The van der Waals surface area contributed by atoms with E-state index in [0.717, 1.165) is 45.9 Å². The first-order valence-electron chi connectivity index (χ1n) is 27.9. The Kier molecular flexibility index (Phi) is 16.1. The Morgan fingerprint density at radius 1 is 0.459 bits per heavy atom. The molecule has 8 aliphatic carbocycles. The summed E-state index contributed by atoms with van der Waals surface area (Å²) < 4.78 is 27.8. The van der Waals surface area contributed by atoms with Crippen molar-refractivity contribution in [1.82, 2.24) is 0 Å². The van der Waals surface area contributed by atoms with Crippen LogP contribution in [0.1, 0.15) is 117 Å². The Labute approximate surface area is 451 Å². The molecule has 74 heavy (non-hydrogen) atoms. The van der Waals surface area contributed by atoms with Gasteiger partial charge in [0, 0.05) is 0 Å². The normalized spacial score (nSPS) is 27.6. The van der Waals surface area contributed by atoms with E-state index in [1.165, 1.54) is 88.1 Å².